The van der Waals surface area contributed by atoms with E-state index < -0.39 is 0 Å². The maximum Gasteiger partial charge on any atom is 0.414 e. The lowest BCUT2D eigenvalue weighted by Gasteiger charge is -2.14. The number of anilines is 1. The number of aromatic nitrogens is 4. The second-order valence-corrected chi connectivity index (χ2v) is 6.68. The molecular formula is C19H21ClN6O2. The van der Waals surface area contributed by atoms with Gasteiger partial charge in [0.25, 0.3) is 0 Å². The molecule has 1 aromatic carbocycles. The predicted octanol–water partition coefficient (Wildman–Crippen LogP) is 2.61. The number of carbonyl (C=O) groups is 1. The Morgan fingerprint density at radius 3 is 2.89 bits per heavy atom. The van der Waals surface area contributed by atoms with Gasteiger partial charge in [0, 0.05) is 36.9 Å². The van der Waals surface area contributed by atoms with Crippen molar-refractivity contribution in [2.24, 2.45) is 0 Å². The van der Waals surface area contributed by atoms with E-state index in [2.05, 4.69) is 21.0 Å². The van der Waals surface area contributed by atoms with Gasteiger partial charge in [0.2, 0.25) is 0 Å². The summed E-state index contributed by atoms with van der Waals surface area (Å²) < 4.78 is 9.11. The Bertz CT molecular complexity index is 974. The van der Waals surface area contributed by atoms with Gasteiger partial charge in [0.1, 0.15) is 12.3 Å². The highest BCUT2D eigenvalue weighted by molar-refractivity contribution is 5.89. The lowest BCUT2D eigenvalue weighted by Crippen LogP contribution is -2.23. The Labute approximate surface area is 168 Å². The van der Waals surface area contributed by atoms with Crippen molar-refractivity contribution in [3.63, 3.8) is 0 Å². The maximum absolute atomic E-state index is 11.9. The molecule has 146 valence electrons. The van der Waals surface area contributed by atoms with E-state index in [1.807, 2.05) is 35.0 Å². The van der Waals surface area contributed by atoms with Crippen molar-refractivity contribution in [3.8, 4) is 17.2 Å². The number of hydrogen-bond acceptors (Lipinski definition) is 5. The van der Waals surface area contributed by atoms with Gasteiger partial charge in [-0.05, 0) is 37.2 Å². The summed E-state index contributed by atoms with van der Waals surface area (Å²) in [5.41, 5.74) is 3.77. The average Bonchev–Trinajstić information content (AvgIpc) is 3.39. The highest BCUT2D eigenvalue weighted by atomic mass is 35.5. The van der Waals surface area contributed by atoms with Gasteiger partial charge < -0.3 is 10.1 Å². The number of fused-ring (bicyclic) bond motifs is 1. The topological polar surface area (TPSA) is 77.2 Å². The molecule has 5 rings (SSSR count). The molecule has 28 heavy (non-hydrogen) atoms. The average molecular weight is 401 g/mol. The van der Waals surface area contributed by atoms with Crippen LogP contribution in [0.25, 0.3) is 17.2 Å². The molecule has 0 saturated carbocycles. The predicted molar refractivity (Wildman–Crippen MR) is 107 cm³/mol. The zero-order valence-electron chi connectivity index (χ0n) is 15.2. The highest BCUT2D eigenvalue weighted by Crippen LogP contribution is 2.26. The van der Waals surface area contributed by atoms with Crippen molar-refractivity contribution in [1.29, 1.82) is 0 Å². The number of amides is 1. The lowest BCUT2D eigenvalue weighted by molar-refractivity contribution is 0.181. The monoisotopic (exact) mass is 400 g/mol. The van der Waals surface area contributed by atoms with Gasteiger partial charge in [0.15, 0.2) is 5.82 Å². The van der Waals surface area contributed by atoms with Crippen molar-refractivity contribution in [2.75, 3.05) is 24.6 Å². The number of ether oxygens (including phenoxy) is 1. The number of halogens is 1. The Balaban J connectivity index is 0.00000192. The first-order valence-electron chi connectivity index (χ1n) is 9.15. The molecule has 2 aliphatic rings. The van der Waals surface area contributed by atoms with Crippen LogP contribution in [0.15, 0.2) is 42.7 Å². The van der Waals surface area contributed by atoms with Crippen LogP contribution in [-0.4, -0.2) is 45.1 Å². The summed E-state index contributed by atoms with van der Waals surface area (Å²) in [6.45, 7) is 3.74. The molecule has 0 aliphatic carbocycles. The summed E-state index contributed by atoms with van der Waals surface area (Å²) in [5.74, 6) is 0.789. The van der Waals surface area contributed by atoms with E-state index in [-0.39, 0.29) is 18.5 Å². The first kappa shape index (κ1) is 18.5. The van der Waals surface area contributed by atoms with Crippen LogP contribution in [0.4, 0.5) is 10.5 Å². The maximum atomic E-state index is 11.9. The smallest absolute Gasteiger partial charge is 0.414 e. The van der Waals surface area contributed by atoms with Gasteiger partial charge >= 0.3 is 6.09 Å². The fourth-order valence-corrected chi connectivity index (χ4v) is 3.61. The molecule has 9 heteroatoms. The van der Waals surface area contributed by atoms with Gasteiger partial charge in [0.05, 0.1) is 12.2 Å². The fraction of sp³-hybridized carbons (Fsp3) is 0.316. The van der Waals surface area contributed by atoms with E-state index >= 15 is 0 Å². The zero-order valence-corrected chi connectivity index (χ0v) is 16.1. The molecule has 1 amide bonds. The summed E-state index contributed by atoms with van der Waals surface area (Å²) in [5, 5.41) is 8.17. The molecule has 2 aromatic heterocycles. The second-order valence-electron chi connectivity index (χ2n) is 6.68. The number of cyclic esters (lactones) is 1. The molecule has 4 heterocycles. The first-order valence-corrected chi connectivity index (χ1v) is 9.15. The third-order valence-electron chi connectivity index (χ3n) is 4.94. The number of nitrogens with one attached hydrogen (secondary N) is 1. The van der Waals surface area contributed by atoms with Crippen molar-refractivity contribution in [1.82, 2.24) is 24.6 Å². The van der Waals surface area contributed by atoms with Gasteiger partial charge in [-0.3, -0.25) is 14.1 Å². The minimum atomic E-state index is -0.302. The van der Waals surface area contributed by atoms with E-state index in [4.69, 9.17) is 9.84 Å². The molecule has 1 saturated heterocycles. The summed E-state index contributed by atoms with van der Waals surface area (Å²) in [6, 6.07) is 9.92. The van der Waals surface area contributed by atoms with Crippen LogP contribution in [0.1, 0.15) is 12.1 Å². The SMILES string of the molecule is Cl.O=C1OCCN1c1cccc(-n2ccnc2-c2cc3n(n2)CCCNC3)c1. The summed E-state index contributed by atoms with van der Waals surface area (Å²) in [7, 11) is 0. The van der Waals surface area contributed by atoms with E-state index in [1.165, 1.54) is 5.69 Å². The molecule has 8 nitrogen and oxygen atoms in total. The molecule has 0 unspecified atom stereocenters. The number of hydrogen-bond donors (Lipinski definition) is 1. The summed E-state index contributed by atoms with van der Waals surface area (Å²) in [6.07, 6.45) is 4.45. The molecule has 1 fully saturated rings. The fourth-order valence-electron chi connectivity index (χ4n) is 3.61. The minimum absolute atomic E-state index is 0. The van der Waals surface area contributed by atoms with Crippen molar-refractivity contribution in [3.05, 3.63) is 48.4 Å². The number of benzene rings is 1. The van der Waals surface area contributed by atoms with Crippen LogP contribution in [-0.2, 0) is 17.8 Å². The molecule has 0 spiro atoms. The van der Waals surface area contributed by atoms with Crippen LogP contribution < -0.4 is 10.2 Å². The van der Waals surface area contributed by atoms with Gasteiger partial charge in [-0.1, -0.05) is 6.07 Å². The number of rotatable bonds is 3. The van der Waals surface area contributed by atoms with E-state index in [0.29, 0.717) is 13.2 Å². The van der Waals surface area contributed by atoms with Crippen LogP contribution in [0.2, 0.25) is 0 Å². The van der Waals surface area contributed by atoms with Gasteiger partial charge in [-0.15, -0.1) is 12.4 Å². The van der Waals surface area contributed by atoms with E-state index in [9.17, 15) is 4.79 Å². The van der Waals surface area contributed by atoms with Crippen LogP contribution in [0.5, 0.6) is 0 Å². The largest absolute Gasteiger partial charge is 0.447 e. The van der Waals surface area contributed by atoms with E-state index in [1.54, 1.807) is 11.1 Å². The molecular weight excluding hydrogens is 380 g/mol. The second kappa shape index (κ2) is 7.65. The van der Waals surface area contributed by atoms with Crippen molar-refractivity contribution < 1.29 is 9.53 Å². The summed E-state index contributed by atoms with van der Waals surface area (Å²) >= 11 is 0. The molecule has 0 radical (unpaired) electrons. The Morgan fingerprint density at radius 1 is 1.14 bits per heavy atom. The Hall–Kier alpha value is -2.84. The van der Waals surface area contributed by atoms with Crippen molar-refractivity contribution in [2.45, 2.75) is 19.5 Å². The Kier molecular flexibility index (Phi) is 5.06. The summed E-state index contributed by atoms with van der Waals surface area (Å²) in [4.78, 5) is 18.0. The van der Waals surface area contributed by atoms with Crippen LogP contribution in [0, 0.1) is 0 Å². The first-order chi connectivity index (χ1) is 13.3. The minimum Gasteiger partial charge on any atom is -0.447 e. The Morgan fingerprint density at radius 2 is 2.04 bits per heavy atom. The quantitative estimate of drug-likeness (QED) is 0.731. The van der Waals surface area contributed by atoms with Crippen LogP contribution >= 0.6 is 12.4 Å². The third-order valence-corrected chi connectivity index (χ3v) is 4.94. The molecule has 0 atom stereocenters. The molecule has 2 aliphatic heterocycles. The number of nitrogens with zero attached hydrogens (tertiary/aromatic N) is 5. The lowest BCUT2D eigenvalue weighted by atomic mass is 10.2. The zero-order chi connectivity index (χ0) is 18.2. The molecule has 1 N–H and O–H groups in total. The van der Waals surface area contributed by atoms with Crippen molar-refractivity contribution >= 4 is 24.2 Å². The highest BCUT2D eigenvalue weighted by Gasteiger charge is 2.24. The molecule has 0 bridgehead atoms. The molecule has 3 aromatic rings. The number of carbonyl (C=O) groups excluding carboxylic acids is 1. The normalized spacial score (nSPS) is 16.3. The van der Waals surface area contributed by atoms with Gasteiger partial charge in [-0.25, -0.2) is 9.78 Å². The third kappa shape index (κ3) is 3.25. The standard InChI is InChI=1S/C19H20N6O2.ClH/c26-19-24(9-10-27-19)15-4-1-3-14(11-15)23-8-6-21-18(23)17-12-16-13-20-5-2-7-25(16)22-17;/h1,3-4,6,8,11-12,20H,2,5,7,9-10,13H2;1H. The van der Waals surface area contributed by atoms with Gasteiger partial charge in [-0.2, -0.15) is 5.10 Å². The van der Waals surface area contributed by atoms with Crippen LogP contribution in [0.3, 0.4) is 0 Å². The number of aryl methyl sites for hydroxylation is 1. The van der Waals surface area contributed by atoms with E-state index in [0.717, 1.165) is 48.9 Å². The number of imidazole rings is 1.